The van der Waals surface area contributed by atoms with Gasteiger partial charge in [0.15, 0.2) is 18.1 Å². The van der Waals surface area contributed by atoms with Crippen molar-refractivity contribution in [1.29, 1.82) is 0 Å². The van der Waals surface area contributed by atoms with Crippen LogP contribution in [0.25, 0.3) is 0 Å². The standard InChI is InChI=1S/C17H25NO5/c1-5-21-14-8-7-13(9-15(14)22-6-2)17(20)23-11-16(19)18-10-12(3)4/h7-9,12H,5-6,10-11H2,1-4H3,(H,18,19). The number of esters is 1. The van der Waals surface area contributed by atoms with E-state index in [1.54, 1.807) is 18.2 Å². The van der Waals surface area contributed by atoms with Crippen LogP contribution in [-0.4, -0.2) is 38.2 Å². The molecule has 0 aliphatic heterocycles. The molecule has 1 aromatic rings. The number of rotatable bonds is 9. The maximum Gasteiger partial charge on any atom is 0.338 e. The fraction of sp³-hybridized carbons (Fsp3) is 0.529. The Hall–Kier alpha value is -2.24. The molecule has 1 aromatic carbocycles. The summed E-state index contributed by atoms with van der Waals surface area (Å²) < 4.78 is 15.9. The first-order chi connectivity index (χ1) is 11.0. The summed E-state index contributed by atoms with van der Waals surface area (Å²) in [6.07, 6.45) is 0. The zero-order valence-corrected chi connectivity index (χ0v) is 14.2. The van der Waals surface area contributed by atoms with Crippen LogP contribution in [0, 0.1) is 5.92 Å². The molecule has 0 aromatic heterocycles. The van der Waals surface area contributed by atoms with E-state index in [0.29, 0.717) is 42.7 Å². The Kier molecular flexibility index (Phi) is 7.94. The SMILES string of the molecule is CCOc1ccc(C(=O)OCC(=O)NCC(C)C)cc1OCC. The maximum atomic E-state index is 12.0. The molecule has 1 N–H and O–H groups in total. The van der Waals surface area contributed by atoms with Crippen molar-refractivity contribution in [2.24, 2.45) is 5.92 Å². The van der Waals surface area contributed by atoms with E-state index < -0.39 is 5.97 Å². The predicted molar refractivity (Wildman–Crippen MR) is 86.9 cm³/mol. The lowest BCUT2D eigenvalue weighted by Crippen LogP contribution is -2.31. The van der Waals surface area contributed by atoms with Crippen molar-refractivity contribution in [1.82, 2.24) is 5.32 Å². The fourth-order valence-electron chi connectivity index (χ4n) is 1.76. The molecule has 0 radical (unpaired) electrons. The molecule has 0 atom stereocenters. The third-order valence-electron chi connectivity index (χ3n) is 2.82. The van der Waals surface area contributed by atoms with Crippen molar-refractivity contribution in [3.8, 4) is 11.5 Å². The number of carbonyl (C=O) groups excluding carboxylic acids is 2. The quantitative estimate of drug-likeness (QED) is 0.707. The van der Waals surface area contributed by atoms with Gasteiger partial charge < -0.3 is 19.5 Å². The van der Waals surface area contributed by atoms with E-state index in [4.69, 9.17) is 14.2 Å². The largest absolute Gasteiger partial charge is 0.490 e. The minimum Gasteiger partial charge on any atom is -0.490 e. The van der Waals surface area contributed by atoms with E-state index in [0.717, 1.165) is 0 Å². The van der Waals surface area contributed by atoms with Crippen molar-refractivity contribution >= 4 is 11.9 Å². The van der Waals surface area contributed by atoms with Gasteiger partial charge in [0, 0.05) is 6.54 Å². The maximum absolute atomic E-state index is 12.0. The molecule has 0 unspecified atom stereocenters. The molecule has 0 saturated heterocycles. The highest BCUT2D eigenvalue weighted by Gasteiger charge is 2.14. The van der Waals surface area contributed by atoms with Gasteiger partial charge >= 0.3 is 5.97 Å². The minimum atomic E-state index is -0.575. The lowest BCUT2D eigenvalue weighted by molar-refractivity contribution is -0.124. The third-order valence-corrected chi connectivity index (χ3v) is 2.82. The first-order valence-corrected chi connectivity index (χ1v) is 7.81. The number of hydrogen-bond acceptors (Lipinski definition) is 5. The lowest BCUT2D eigenvalue weighted by Gasteiger charge is -2.12. The Bertz CT molecular complexity index is 528. The van der Waals surface area contributed by atoms with Gasteiger partial charge in [0.25, 0.3) is 5.91 Å². The summed E-state index contributed by atoms with van der Waals surface area (Å²) in [6, 6.07) is 4.80. The van der Waals surface area contributed by atoms with Crippen LogP contribution in [0.3, 0.4) is 0 Å². The van der Waals surface area contributed by atoms with Gasteiger partial charge in [-0.3, -0.25) is 4.79 Å². The second-order valence-corrected chi connectivity index (χ2v) is 5.30. The van der Waals surface area contributed by atoms with Crippen LogP contribution in [0.4, 0.5) is 0 Å². The van der Waals surface area contributed by atoms with Crippen molar-refractivity contribution in [3.05, 3.63) is 23.8 Å². The van der Waals surface area contributed by atoms with Crippen LogP contribution in [0.5, 0.6) is 11.5 Å². The van der Waals surface area contributed by atoms with E-state index >= 15 is 0 Å². The Morgan fingerprint density at radius 1 is 1.09 bits per heavy atom. The van der Waals surface area contributed by atoms with Crippen LogP contribution in [0.2, 0.25) is 0 Å². The monoisotopic (exact) mass is 323 g/mol. The lowest BCUT2D eigenvalue weighted by atomic mass is 10.2. The molecule has 1 rings (SSSR count). The molecule has 0 heterocycles. The highest BCUT2D eigenvalue weighted by atomic mass is 16.5. The summed E-state index contributed by atoms with van der Waals surface area (Å²) in [5.74, 6) is 0.500. The van der Waals surface area contributed by atoms with Crippen molar-refractivity contribution in [3.63, 3.8) is 0 Å². The van der Waals surface area contributed by atoms with E-state index in [2.05, 4.69) is 5.32 Å². The molecule has 0 saturated carbocycles. The molecular weight excluding hydrogens is 298 g/mol. The summed E-state index contributed by atoms with van der Waals surface area (Å²) in [5, 5.41) is 2.69. The molecule has 1 amide bonds. The minimum absolute atomic E-state index is 0.303. The highest BCUT2D eigenvalue weighted by Crippen LogP contribution is 2.28. The second-order valence-electron chi connectivity index (χ2n) is 5.30. The molecule has 6 heteroatoms. The number of carbonyl (C=O) groups is 2. The van der Waals surface area contributed by atoms with Gasteiger partial charge in [0.2, 0.25) is 0 Å². The van der Waals surface area contributed by atoms with Gasteiger partial charge in [0.05, 0.1) is 18.8 Å². The molecule has 0 aliphatic carbocycles. The van der Waals surface area contributed by atoms with Crippen LogP contribution >= 0.6 is 0 Å². The molecule has 6 nitrogen and oxygen atoms in total. The van der Waals surface area contributed by atoms with E-state index in [-0.39, 0.29) is 12.5 Å². The fourth-order valence-corrected chi connectivity index (χ4v) is 1.76. The normalized spacial score (nSPS) is 10.3. The predicted octanol–water partition coefficient (Wildman–Crippen LogP) is 2.41. The van der Waals surface area contributed by atoms with E-state index in [1.165, 1.54) is 0 Å². The Morgan fingerprint density at radius 3 is 2.35 bits per heavy atom. The van der Waals surface area contributed by atoms with Gasteiger partial charge in [-0.15, -0.1) is 0 Å². The van der Waals surface area contributed by atoms with Gasteiger partial charge in [-0.1, -0.05) is 13.8 Å². The van der Waals surface area contributed by atoms with Gasteiger partial charge in [-0.25, -0.2) is 4.79 Å². The average Bonchev–Trinajstić information content (AvgIpc) is 2.52. The zero-order chi connectivity index (χ0) is 17.2. The summed E-state index contributed by atoms with van der Waals surface area (Å²) in [4.78, 5) is 23.6. The number of ether oxygens (including phenoxy) is 3. The van der Waals surface area contributed by atoms with Crippen molar-refractivity contribution in [2.45, 2.75) is 27.7 Å². The molecule has 0 spiro atoms. The van der Waals surface area contributed by atoms with Crippen molar-refractivity contribution in [2.75, 3.05) is 26.4 Å². The number of hydrogen-bond donors (Lipinski definition) is 1. The summed E-state index contributed by atoms with van der Waals surface area (Å²) >= 11 is 0. The average molecular weight is 323 g/mol. The summed E-state index contributed by atoms with van der Waals surface area (Å²) in [7, 11) is 0. The highest BCUT2D eigenvalue weighted by molar-refractivity contribution is 5.92. The van der Waals surface area contributed by atoms with Gasteiger partial charge in [-0.2, -0.15) is 0 Å². The second kappa shape index (κ2) is 9.71. The van der Waals surface area contributed by atoms with Crippen molar-refractivity contribution < 1.29 is 23.8 Å². The van der Waals surface area contributed by atoms with Crippen LogP contribution in [0.15, 0.2) is 18.2 Å². The van der Waals surface area contributed by atoms with E-state index in [1.807, 2.05) is 27.7 Å². The molecule has 23 heavy (non-hydrogen) atoms. The summed E-state index contributed by atoms with van der Waals surface area (Å²) in [5.41, 5.74) is 0.313. The number of nitrogens with one attached hydrogen (secondary N) is 1. The smallest absolute Gasteiger partial charge is 0.338 e. The number of benzene rings is 1. The number of amides is 1. The van der Waals surface area contributed by atoms with E-state index in [9.17, 15) is 9.59 Å². The van der Waals surface area contributed by atoms with Gasteiger partial charge in [0.1, 0.15) is 0 Å². The zero-order valence-electron chi connectivity index (χ0n) is 14.2. The Morgan fingerprint density at radius 2 is 1.74 bits per heavy atom. The topological polar surface area (TPSA) is 73.9 Å². The molecular formula is C17H25NO5. The molecule has 0 aliphatic rings. The van der Waals surface area contributed by atoms with Crippen LogP contribution in [0.1, 0.15) is 38.1 Å². The van der Waals surface area contributed by atoms with Crippen LogP contribution < -0.4 is 14.8 Å². The first kappa shape index (κ1) is 18.8. The third kappa shape index (κ3) is 6.59. The summed E-state index contributed by atoms with van der Waals surface area (Å²) in [6.45, 7) is 8.89. The first-order valence-electron chi connectivity index (χ1n) is 7.81. The molecule has 0 bridgehead atoms. The van der Waals surface area contributed by atoms with Crippen LogP contribution in [-0.2, 0) is 9.53 Å². The Labute approximate surface area is 137 Å². The van der Waals surface area contributed by atoms with Gasteiger partial charge in [-0.05, 0) is 38.0 Å². The molecule has 0 fully saturated rings. The Balaban J connectivity index is 2.65. The molecule has 128 valence electrons.